The molecule has 0 spiro atoms. The normalized spacial score (nSPS) is 10.1. The first-order valence-electron chi connectivity index (χ1n) is 6.04. The molecule has 0 saturated heterocycles. The molecule has 1 aromatic heterocycles. The second-order valence-electron chi connectivity index (χ2n) is 4.26. The van der Waals surface area contributed by atoms with Crippen molar-refractivity contribution >= 4 is 11.6 Å². The molecule has 1 N–H and O–H groups in total. The second-order valence-corrected chi connectivity index (χ2v) is 4.26. The molecule has 3 heteroatoms. The van der Waals surface area contributed by atoms with Crippen LogP contribution >= 0.6 is 0 Å². The minimum absolute atomic E-state index is 0.0773. The first kappa shape index (κ1) is 12.3. The van der Waals surface area contributed by atoms with E-state index in [1.165, 1.54) is 5.56 Å². The number of nitrogens with zero attached hydrogens (tertiary/aromatic N) is 1. The van der Waals surface area contributed by atoms with Crippen LogP contribution < -0.4 is 9.88 Å². The van der Waals surface area contributed by atoms with Crippen LogP contribution in [0.15, 0.2) is 48.8 Å². The minimum atomic E-state index is -0.0773. The van der Waals surface area contributed by atoms with Crippen molar-refractivity contribution in [3.8, 4) is 0 Å². The topological polar surface area (TPSA) is 33.0 Å². The van der Waals surface area contributed by atoms with Gasteiger partial charge >= 0.3 is 0 Å². The zero-order chi connectivity index (χ0) is 13.0. The predicted molar refractivity (Wildman–Crippen MR) is 71.4 cm³/mol. The van der Waals surface area contributed by atoms with Crippen LogP contribution in [0.1, 0.15) is 22.8 Å². The summed E-state index contributed by atoms with van der Waals surface area (Å²) < 4.78 is 1.92. The highest BCUT2D eigenvalue weighted by Gasteiger charge is 2.06. The highest BCUT2D eigenvalue weighted by molar-refractivity contribution is 6.04. The smallest absolute Gasteiger partial charge is 0.255 e. The molecule has 0 radical (unpaired) electrons. The van der Waals surface area contributed by atoms with Crippen LogP contribution in [0.5, 0.6) is 0 Å². The summed E-state index contributed by atoms with van der Waals surface area (Å²) in [4.78, 5) is 12.0. The van der Waals surface area contributed by atoms with Gasteiger partial charge in [-0.05, 0) is 24.1 Å². The molecule has 2 aromatic rings. The lowest BCUT2D eigenvalue weighted by molar-refractivity contribution is -0.671. The quantitative estimate of drug-likeness (QED) is 0.822. The number of carbonyl (C=O) groups is 1. The van der Waals surface area contributed by atoms with E-state index in [0.29, 0.717) is 5.56 Å². The third kappa shape index (κ3) is 2.94. The summed E-state index contributed by atoms with van der Waals surface area (Å²) in [6.07, 6.45) is 4.78. The lowest BCUT2D eigenvalue weighted by atomic mass is 10.1. The van der Waals surface area contributed by atoms with E-state index >= 15 is 0 Å². The average Bonchev–Trinajstić information content (AvgIpc) is 2.41. The van der Waals surface area contributed by atoms with Gasteiger partial charge in [0.05, 0.1) is 5.69 Å². The van der Waals surface area contributed by atoms with E-state index in [2.05, 4.69) is 12.2 Å². The zero-order valence-electron chi connectivity index (χ0n) is 10.7. The van der Waals surface area contributed by atoms with E-state index in [9.17, 15) is 4.79 Å². The van der Waals surface area contributed by atoms with Crippen molar-refractivity contribution in [3.05, 3.63) is 59.9 Å². The second kappa shape index (κ2) is 5.45. The number of benzene rings is 1. The van der Waals surface area contributed by atoms with Gasteiger partial charge in [0.1, 0.15) is 7.05 Å². The Hall–Kier alpha value is -2.16. The van der Waals surface area contributed by atoms with Gasteiger partial charge in [0, 0.05) is 17.7 Å². The van der Waals surface area contributed by atoms with E-state index in [0.717, 1.165) is 12.1 Å². The Morgan fingerprint density at radius 3 is 2.28 bits per heavy atom. The van der Waals surface area contributed by atoms with Gasteiger partial charge in [-0.3, -0.25) is 4.79 Å². The van der Waals surface area contributed by atoms with Gasteiger partial charge in [0.2, 0.25) is 0 Å². The summed E-state index contributed by atoms with van der Waals surface area (Å²) in [5.41, 5.74) is 2.72. The molecule has 3 nitrogen and oxygen atoms in total. The third-order valence-corrected chi connectivity index (χ3v) is 2.86. The maximum Gasteiger partial charge on any atom is 0.255 e. The van der Waals surface area contributed by atoms with Gasteiger partial charge in [0.15, 0.2) is 12.4 Å². The summed E-state index contributed by atoms with van der Waals surface area (Å²) in [5, 5.41) is 2.87. The standard InChI is InChI=1S/C15H16N2O/c1-3-12-4-6-13(7-5-12)15(18)16-14-8-10-17(2)11-9-14/h4-11H,3H2,1-2H3/p+1. The number of nitrogens with one attached hydrogen (secondary N) is 1. The number of hydrogen-bond donors (Lipinski definition) is 1. The molecular formula is C15H17N2O+. The maximum atomic E-state index is 12.0. The van der Waals surface area contributed by atoms with Crippen LogP contribution in [0.25, 0.3) is 0 Å². The number of carbonyl (C=O) groups excluding carboxylic acids is 1. The highest BCUT2D eigenvalue weighted by Crippen LogP contribution is 2.09. The van der Waals surface area contributed by atoms with Crippen LogP contribution in [-0.4, -0.2) is 5.91 Å². The van der Waals surface area contributed by atoms with E-state index in [4.69, 9.17) is 0 Å². The number of anilines is 1. The molecule has 0 aliphatic heterocycles. The van der Waals surface area contributed by atoms with Crippen LogP contribution in [-0.2, 0) is 13.5 Å². The SMILES string of the molecule is CCc1ccc(C(=O)Nc2cc[n+](C)cc2)cc1. The summed E-state index contributed by atoms with van der Waals surface area (Å²) in [6, 6.07) is 11.4. The summed E-state index contributed by atoms with van der Waals surface area (Å²) in [6.45, 7) is 2.10. The summed E-state index contributed by atoms with van der Waals surface area (Å²) in [7, 11) is 1.94. The van der Waals surface area contributed by atoms with Crippen molar-refractivity contribution in [2.24, 2.45) is 7.05 Å². The van der Waals surface area contributed by atoms with Crippen molar-refractivity contribution < 1.29 is 9.36 Å². The molecule has 92 valence electrons. The Morgan fingerprint density at radius 1 is 1.11 bits per heavy atom. The molecule has 0 unspecified atom stereocenters. The molecule has 1 aromatic carbocycles. The predicted octanol–water partition coefficient (Wildman–Crippen LogP) is 2.33. The van der Waals surface area contributed by atoms with Crippen LogP contribution in [0.4, 0.5) is 5.69 Å². The number of aromatic nitrogens is 1. The average molecular weight is 241 g/mol. The fourth-order valence-corrected chi connectivity index (χ4v) is 1.68. The van der Waals surface area contributed by atoms with E-state index in [-0.39, 0.29) is 5.91 Å². The summed E-state index contributed by atoms with van der Waals surface area (Å²) in [5.74, 6) is -0.0773. The Bertz CT molecular complexity index is 529. The Balaban J connectivity index is 2.09. The van der Waals surface area contributed by atoms with Gasteiger partial charge < -0.3 is 5.32 Å². The van der Waals surface area contributed by atoms with Gasteiger partial charge in [-0.2, -0.15) is 0 Å². The number of aryl methyl sites for hydroxylation is 2. The molecule has 0 bridgehead atoms. The molecule has 0 aliphatic rings. The van der Waals surface area contributed by atoms with Crippen molar-refractivity contribution in [2.45, 2.75) is 13.3 Å². The number of pyridine rings is 1. The molecule has 18 heavy (non-hydrogen) atoms. The Morgan fingerprint density at radius 2 is 1.72 bits per heavy atom. The lowest BCUT2D eigenvalue weighted by Crippen LogP contribution is -2.26. The van der Waals surface area contributed by atoms with Crippen molar-refractivity contribution in [1.82, 2.24) is 0 Å². The van der Waals surface area contributed by atoms with Gasteiger partial charge in [-0.25, -0.2) is 4.57 Å². The Kier molecular flexibility index (Phi) is 3.72. The summed E-state index contributed by atoms with van der Waals surface area (Å²) >= 11 is 0. The van der Waals surface area contributed by atoms with Crippen LogP contribution in [0.2, 0.25) is 0 Å². The van der Waals surface area contributed by atoms with E-state index in [1.807, 2.05) is 60.4 Å². The van der Waals surface area contributed by atoms with E-state index < -0.39 is 0 Å². The Labute approximate surface area is 107 Å². The molecule has 0 aliphatic carbocycles. The molecule has 1 amide bonds. The molecule has 1 heterocycles. The molecule has 0 fully saturated rings. The molecular weight excluding hydrogens is 224 g/mol. The number of amides is 1. The van der Waals surface area contributed by atoms with Gasteiger partial charge in [0.25, 0.3) is 5.91 Å². The molecule has 0 atom stereocenters. The van der Waals surface area contributed by atoms with Crippen molar-refractivity contribution in [2.75, 3.05) is 5.32 Å². The van der Waals surface area contributed by atoms with Crippen LogP contribution in [0, 0.1) is 0 Å². The number of hydrogen-bond acceptors (Lipinski definition) is 1. The van der Waals surface area contributed by atoms with Crippen LogP contribution in [0.3, 0.4) is 0 Å². The molecule has 2 rings (SSSR count). The molecule has 0 saturated carbocycles. The zero-order valence-corrected chi connectivity index (χ0v) is 10.7. The fourth-order valence-electron chi connectivity index (χ4n) is 1.68. The van der Waals surface area contributed by atoms with Gasteiger partial charge in [-0.1, -0.05) is 19.1 Å². The van der Waals surface area contributed by atoms with E-state index in [1.54, 1.807) is 0 Å². The first-order valence-corrected chi connectivity index (χ1v) is 6.04. The maximum absolute atomic E-state index is 12.0. The monoisotopic (exact) mass is 241 g/mol. The fraction of sp³-hybridized carbons (Fsp3) is 0.200. The first-order chi connectivity index (χ1) is 8.69. The van der Waals surface area contributed by atoms with Crippen molar-refractivity contribution in [3.63, 3.8) is 0 Å². The van der Waals surface area contributed by atoms with Crippen molar-refractivity contribution in [1.29, 1.82) is 0 Å². The highest BCUT2D eigenvalue weighted by atomic mass is 16.1. The largest absolute Gasteiger partial charge is 0.322 e. The third-order valence-electron chi connectivity index (χ3n) is 2.86. The van der Waals surface area contributed by atoms with Gasteiger partial charge in [-0.15, -0.1) is 0 Å². The number of rotatable bonds is 3. The lowest BCUT2D eigenvalue weighted by Gasteiger charge is -2.05. The minimum Gasteiger partial charge on any atom is -0.322 e.